The van der Waals surface area contributed by atoms with Crippen LogP contribution in [0.1, 0.15) is 24.0 Å². The molecule has 0 saturated carbocycles. The highest BCUT2D eigenvalue weighted by Gasteiger charge is 2.20. The Bertz CT molecular complexity index is 1400. The van der Waals surface area contributed by atoms with Crippen molar-refractivity contribution < 1.29 is 39.5 Å². The van der Waals surface area contributed by atoms with Gasteiger partial charge in [0, 0.05) is 48.7 Å². The molecule has 46 heavy (non-hydrogen) atoms. The van der Waals surface area contributed by atoms with Crippen LogP contribution in [0.15, 0.2) is 59.3 Å². The summed E-state index contributed by atoms with van der Waals surface area (Å²) in [7, 11) is 0. The van der Waals surface area contributed by atoms with Gasteiger partial charge in [-0.1, -0.05) is 36.4 Å². The van der Waals surface area contributed by atoms with Crippen LogP contribution in [0.25, 0.3) is 20.2 Å². The fourth-order valence-electron chi connectivity index (χ4n) is 5.44. The molecule has 2 unspecified atom stereocenters. The van der Waals surface area contributed by atoms with Crippen molar-refractivity contribution in [3.8, 4) is 0 Å². The average molecular weight is 673 g/mol. The number of carbonyl (C=O) groups is 2. The van der Waals surface area contributed by atoms with Gasteiger partial charge in [0.2, 0.25) is 0 Å². The van der Waals surface area contributed by atoms with Crippen LogP contribution in [0.3, 0.4) is 0 Å². The second kappa shape index (κ2) is 19.0. The van der Waals surface area contributed by atoms with Gasteiger partial charge in [0.25, 0.3) is 0 Å². The minimum atomic E-state index is -1.82. The first-order chi connectivity index (χ1) is 22.3. The summed E-state index contributed by atoms with van der Waals surface area (Å²) in [6.07, 6.45) is 3.50. The molecular formula is C34H44N2O8S2. The van der Waals surface area contributed by atoms with E-state index in [0.29, 0.717) is 0 Å². The molecule has 4 N–H and O–H groups in total. The number of thiophene rings is 2. The van der Waals surface area contributed by atoms with E-state index in [2.05, 4.69) is 69.1 Å². The molecule has 0 aliphatic carbocycles. The Morgan fingerprint density at radius 3 is 1.46 bits per heavy atom. The molecule has 0 amide bonds. The van der Waals surface area contributed by atoms with E-state index in [4.69, 9.17) is 29.3 Å². The third-order valence-electron chi connectivity index (χ3n) is 7.94. The van der Waals surface area contributed by atoms with E-state index in [9.17, 15) is 10.2 Å². The zero-order chi connectivity index (χ0) is 32.7. The second-order valence-corrected chi connectivity index (χ2v) is 13.2. The molecule has 4 aromatic rings. The van der Waals surface area contributed by atoms with Crippen LogP contribution in [-0.2, 0) is 31.9 Å². The van der Waals surface area contributed by atoms with Gasteiger partial charge in [-0.05, 0) is 70.5 Å². The highest BCUT2D eigenvalue weighted by atomic mass is 32.1. The lowest BCUT2D eigenvalue weighted by Crippen LogP contribution is -2.26. The molecule has 2 fully saturated rings. The summed E-state index contributed by atoms with van der Waals surface area (Å²) in [5.41, 5.74) is 2.78. The zero-order valence-electron chi connectivity index (χ0n) is 26.0. The molecule has 4 heterocycles. The minimum Gasteiger partial charge on any atom is -0.473 e. The first kappa shape index (κ1) is 35.9. The molecule has 0 bridgehead atoms. The highest BCUT2D eigenvalue weighted by molar-refractivity contribution is 7.17. The number of β-amino-alcohol motifs (C(OH)–C–C–N with tert-alkyl or cyclic N) is 2. The van der Waals surface area contributed by atoms with Crippen molar-refractivity contribution in [2.75, 3.05) is 65.7 Å². The number of fused-ring (bicyclic) bond motifs is 2. The van der Waals surface area contributed by atoms with Gasteiger partial charge in [-0.25, -0.2) is 9.59 Å². The number of aliphatic carboxylic acids is 2. The molecule has 250 valence electrons. The Balaban J connectivity index is 0.000000178. The normalized spacial score (nSPS) is 18.3. The number of rotatable bonds is 12. The number of hydrogen-bond donors (Lipinski definition) is 4. The molecule has 2 aromatic carbocycles. The first-order valence-electron chi connectivity index (χ1n) is 15.6. The number of aliphatic hydroxyl groups is 2. The summed E-state index contributed by atoms with van der Waals surface area (Å²) in [4.78, 5) is 22.7. The smallest absolute Gasteiger partial charge is 0.414 e. The fraction of sp³-hybridized carbons (Fsp3) is 0.471. The van der Waals surface area contributed by atoms with E-state index in [1.807, 2.05) is 0 Å². The lowest BCUT2D eigenvalue weighted by atomic mass is 10.1. The van der Waals surface area contributed by atoms with Crippen LogP contribution in [0, 0.1) is 0 Å². The van der Waals surface area contributed by atoms with Crippen molar-refractivity contribution in [2.45, 2.75) is 37.9 Å². The number of likely N-dealkylation sites (tertiary alicyclic amines) is 2. The number of benzene rings is 2. The second-order valence-electron chi connectivity index (χ2n) is 11.3. The Morgan fingerprint density at radius 2 is 1.09 bits per heavy atom. The van der Waals surface area contributed by atoms with Gasteiger partial charge in [0.15, 0.2) is 0 Å². The topological polar surface area (TPSA) is 140 Å². The van der Waals surface area contributed by atoms with E-state index in [0.717, 1.165) is 91.4 Å². The van der Waals surface area contributed by atoms with Crippen LogP contribution in [0.4, 0.5) is 0 Å². The third-order valence-corrected chi connectivity index (χ3v) is 9.96. The molecule has 6 rings (SSSR count). The van der Waals surface area contributed by atoms with Crippen molar-refractivity contribution in [3.05, 3.63) is 70.4 Å². The van der Waals surface area contributed by atoms with Gasteiger partial charge >= 0.3 is 11.9 Å². The summed E-state index contributed by atoms with van der Waals surface area (Å²) in [5, 5.41) is 40.9. The van der Waals surface area contributed by atoms with Crippen LogP contribution in [0.5, 0.6) is 0 Å². The van der Waals surface area contributed by atoms with Gasteiger partial charge in [-0.15, -0.1) is 22.7 Å². The predicted molar refractivity (Wildman–Crippen MR) is 182 cm³/mol. The summed E-state index contributed by atoms with van der Waals surface area (Å²) in [5.74, 6) is -3.65. The van der Waals surface area contributed by atoms with Crippen molar-refractivity contribution in [2.24, 2.45) is 0 Å². The van der Waals surface area contributed by atoms with E-state index in [-0.39, 0.29) is 12.2 Å². The summed E-state index contributed by atoms with van der Waals surface area (Å²) < 4.78 is 14.2. The summed E-state index contributed by atoms with van der Waals surface area (Å²) >= 11 is 3.61. The Kier molecular flexibility index (Phi) is 14.8. The number of ether oxygens (including phenoxy) is 2. The molecule has 2 aliphatic rings. The van der Waals surface area contributed by atoms with E-state index in [1.165, 1.54) is 31.3 Å². The first-order valence-corrected chi connectivity index (χ1v) is 17.4. The largest absolute Gasteiger partial charge is 0.473 e. The maximum atomic E-state index is 9.45. The van der Waals surface area contributed by atoms with E-state index in [1.54, 1.807) is 22.7 Å². The van der Waals surface area contributed by atoms with E-state index < -0.39 is 11.9 Å². The molecule has 0 spiro atoms. The fourth-order valence-corrected chi connectivity index (χ4v) is 7.43. The van der Waals surface area contributed by atoms with Crippen molar-refractivity contribution in [1.82, 2.24) is 9.80 Å². The molecule has 0 radical (unpaired) electrons. The lowest BCUT2D eigenvalue weighted by molar-refractivity contribution is -0.159. The monoisotopic (exact) mass is 672 g/mol. The highest BCUT2D eigenvalue weighted by Crippen LogP contribution is 2.27. The maximum absolute atomic E-state index is 9.45. The predicted octanol–water partition coefficient (Wildman–Crippen LogP) is 4.21. The molecule has 2 aliphatic heterocycles. The van der Waals surface area contributed by atoms with Crippen molar-refractivity contribution >= 4 is 54.8 Å². The van der Waals surface area contributed by atoms with Crippen LogP contribution in [-0.4, -0.2) is 120 Å². The maximum Gasteiger partial charge on any atom is 0.414 e. The van der Waals surface area contributed by atoms with Crippen LogP contribution in [0.2, 0.25) is 0 Å². The van der Waals surface area contributed by atoms with Gasteiger partial charge in [0.05, 0.1) is 38.6 Å². The standard InChI is InChI=1S/2C16H21NO2S.C2H2O4/c2*18-14-5-7-17(11-14)8-10-19-9-6-13-12-20-16-4-2-1-3-15(13)16;3-1(4)2(5)6/h2*1-4,12,14,18H,5-11H2;(H,3,4)(H,5,6). The van der Waals surface area contributed by atoms with Crippen LogP contribution >= 0.6 is 22.7 Å². The van der Waals surface area contributed by atoms with Gasteiger partial charge < -0.3 is 29.9 Å². The molecule has 2 saturated heterocycles. The molecule has 10 nitrogen and oxygen atoms in total. The zero-order valence-corrected chi connectivity index (χ0v) is 27.6. The Hall–Kier alpha value is -2.94. The van der Waals surface area contributed by atoms with E-state index >= 15 is 0 Å². The Labute approximate surface area is 277 Å². The SMILES string of the molecule is O=C(O)C(=O)O.OC1CCN(CCOCCc2csc3ccccc23)C1.OC1CCN(CCOCCc2csc3ccccc23)C1. The summed E-state index contributed by atoms with van der Waals surface area (Å²) in [6, 6.07) is 17.1. The molecule has 12 heteroatoms. The summed E-state index contributed by atoms with van der Waals surface area (Å²) in [6.45, 7) is 8.54. The number of hydrogen-bond acceptors (Lipinski definition) is 10. The number of aliphatic hydroxyl groups excluding tert-OH is 2. The van der Waals surface area contributed by atoms with Crippen molar-refractivity contribution in [1.29, 1.82) is 0 Å². The van der Waals surface area contributed by atoms with Gasteiger partial charge in [0.1, 0.15) is 0 Å². The molecule has 2 aromatic heterocycles. The molecular weight excluding hydrogens is 629 g/mol. The third kappa shape index (κ3) is 11.7. The minimum absolute atomic E-state index is 0.132. The van der Waals surface area contributed by atoms with Gasteiger partial charge in [-0.2, -0.15) is 0 Å². The molecule has 2 atom stereocenters. The number of nitrogens with zero attached hydrogens (tertiary/aromatic N) is 2. The van der Waals surface area contributed by atoms with Crippen LogP contribution < -0.4 is 0 Å². The van der Waals surface area contributed by atoms with Gasteiger partial charge in [-0.3, -0.25) is 9.80 Å². The average Bonchev–Trinajstić information content (AvgIpc) is 3.85. The Morgan fingerprint density at radius 1 is 0.674 bits per heavy atom. The quantitative estimate of drug-likeness (QED) is 0.128. The lowest BCUT2D eigenvalue weighted by Gasteiger charge is -2.14. The number of carboxylic acid groups (broad SMARTS) is 2. The van der Waals surface area contributed by atoms with Crippen molar-refractivity contribution in [3.63, 3.8) is 0 Å². The number of carboxylic acids is 2.